The fourth-order valence-corrected chi connectivity index (χ4v) is 3.24. The lowest BCUT2D eigenvalue weighted by molar-refractivity contribution is 0.115. The fourth-order valence-electron chi connectivity index (χ4n) is 3.24. The number of aryl methyl sites for hydroxylation is 1. The maximum Gasteiger partial charge on any atom is 0.512 e. The Morgan fingerprint density at radius 1 is 1.36 bits per heavy atom. The molecule has 0 aliphatic heterocycles. The zero-order valence-electron chi connectivity index (χ0n) is 19.3. The number of rotatable bonds is 10. The second-order valence-electron chi connectivity index (χ2n) is 8.53. The average Bonchev–Trinajstić information content (AvgIpc) is 3.52. The van der Waals surface area contributed by atoms with Crippen molar-refractivity contribution in [1.29, 1.82) is 0 Å². The Morgan fingerprint density at radius 2 is 2.15 bits per heavy atom. The van der Waals surface area contributed by atoms with Gasteiger partial charge in [0.15, 0.2) is 11.3 Å². The minimum absolute atomic E-state index is 0.0965. The molecule has 1 saturated carbocycles. The number of fused-ring (bicyclic) bond motifs is 1. The molecule has 0 spiro atoms. The summed E-state index contributed by atoms with van der Waals surface area (Å²) in [5.41, 5.74) is 1.85. The van der Waals surface area contributed by atoms with Gasteiger partial charge in [0.05, 0.1) is 13.2 Å². The smallest absolute Gasteiger partial charge is 0.449 e. The van der Waals surface area contributed by atoms with Gasteiger partial charge < -0.3 is 24.8 Å². The molecule has 3 aromatic heterocycles. The minimum atomic E-state index is -1.46. The standard InChI is InChI=1S/C22H29N7O4/c1-13(2)28(4)21-25-17-18(19(26-21)24-16-11-14(3)7-8-23-16)29(27-20(17)33-22(30)31)9-10-32-12-15-5-6-15/h7-8,11,13,15H,5-6,9-10,12H2,1-4H3,(H,30,31)(H,23,24,25,26). The van der Waals surface area contributed by atoms with Gasteiger partial charge in [0, 0.05) is 25.9 Å². The highest BCUT2D eigenvalue weighted by Gasteiger charge is 2.24. The van der Waals surface area contributed by atoms with Gasteiger partial charge in [0.2, 0.25) is 5.95 Å². The maximum absolute atomic E-state index is 11.3. The highest BCUT2D eigenvalue weighted by atomic mass is 16.7. The first kappa shape index (κ1) is 22.7. The van der Waals surface area contributed by atoms with Gasteiger partial charge in [0.1, 0.15) is 11.3 Å². The van der Waals surface area contributed by atoms with Crippen LogP contribution in [0.4, 0.5) is 22.4 Å². The number of anilines is 3. The Bertz CT molecular complexity index is 1140. The molecule has 1 aliphatic carbocycles. The molecule has 0 bridgehead atoms. The van der Waals surface area contributed by atoms with Crippen LogP contribution in [-0.4, -0.2) is 62.3 Å². The van der Waals surface area contributed by atoms with Crippen LogP contribution in [0.2, 0.25) is 0 Å². The summed E-state index contributed by atoms with van der Waals surface area (Å²) in [6.07, 6.45) is 2.66. The third-order valence-electron chi connectivity index (χ3n) is 5.48. The SMILES string of the molecule is Cc1ccnc(Nc2nc(N(C)C(C)C)nc3c(OC(=O)O)nn(CCOCC4CC4)c23)c1. The van der Waals surface area contributed by atoms with Crippen LogP contribution in [0.15, 0.2) is 18.3 Å². The molecule has 176 valence electrons. The lowest BCUT2D eigenvalue weighted by Crippen LogP contribution is -2.27. The van der Waals surface area contributed by atoms with Gasteiger partial charge >= 0.3 is 6.16 Å². The molecule has 0 aromatic carbocycles. The van der Waals surface area contributed by atoms with Crippen molar-refractivity contribution < 1.29 is 19.4 Å². The van der Waals surface area contributed by atoms with Gasteiger partial charge in [-0.3, -0.25) is 4.68 Å². The summed E-state index contributed by atoms with van der Waals surface area (Å²) in [4.78, 5) is 26.9. The van der Waals surface area contributed by atoms with Crippen molar-refractivity contribution >= 4 is 34.8 Å². The van der Waals surface area contributed by atoms with Crippen molar-refractivity contribution in [3.8, 4) is 5.88 Å². The average molecular weight is 456 g/mol. The molecule has 2 N–H and O–H groups in total. The van der Waals surface area contributed by atoms with E-state index in [4.69, 9.17) is 14.5 Å². The van der Waals surface area contributed by atoms with Crippen molar-refractivity contribution in [3.05, 3.63) is 23.9 Å². The summed E-state index contributed by atoms with van der Waals surface area (Å²) in [5.74, 6) is 2.02. The summed E-state index contributed by atoms with van der Waals surface area (Å²) < 4.78 is 12.4. The van der Waals surface area contributed by atoms with Crippen molar-refractivity contribution in [2.45, 2.75) is 46.2 Å². The first-order valence-electron chi connectivity index (χ1n) is 11.0. The molecule has 3 aromatic rings. The number of nitrogens with zero attached hydrogens (tertiary/aromatic N) is 6. The summed E-state index contributed by atoms with van der Waals surface area (Å²) in [5, 5.41) is 16.9. The van der Waals surface area contributed by atoms with E-state index in [0.717, 1.165) is 12.2 Å². The topological polar surface area (TPSA) is 128 Å². The molecular weight excluding hydrogens is 426 g/mol. The number of hydrogen-bond acceptors (Lipinski definition) is 9. The second kappa shape index (κ2) is 9.57. The summed E-state index contributed by atoms with van der Waals surface area (Å²) >= 11 is 0. The lowest BCUT2D eigenvalue weighted by Gasteiger charge is -2.22. The number of carboxylic acid groups (broad SMARTS) is 1. The zero-order chi connectivity index (χ0) is 23.5. The van der Waals surface area contributed by atoms with Gasteiger partial charge in [-0.05, 0) is 57.2 Å². The predicted octanol–water partition coefficient (Wildman–Crippen LogP) is 3.60. The number of nitrogens with one attached hydrogen (secondary N) is 1. The van der Waals surface area contributed by atoms with Crippen LogP contribution >= 0.6 is 0 Å². The van der Waals surface area contributed by atoms with E-state index in [9.17, 15) is 9.90 Å². The summed E-state index contributed by atoms with van der Waals surface area (Å²) in [6, 6.07) is 3.91. The number of aromatic nitrogens is 5. The van der Waals surface area contributed by atoms with Gasteiger partial charge in [-0.15, -0.1) is 5.10 Å². The van der Waals surface area contributed by atoms with Gasteiger partial charge in [0.25, 0.3) is 5.88 Å². The summed E-state index contributed by atoms with van der Waals surface area (Å²) in [7, 11) is 1.87. The van der Waals surface area contributed by atoms with Crippen LogP contribution in [0, 0.1) is 12.8 Å². The monoisotopic (exact) mass is 455 g/mol. The van der Waals surface area contributed by atoms with E-state index in [1.807, 2.05) is 44.9 Å². The molecule has 11 heteroatoms. The van der Waals surface area contributed by atoms with Crippen LogP contribution in [0.3, 0.4) is 0 Å². The zero-order valence-corrected chi connectivity index (χ0v) is 19.3. The van der Waals surface area contributed by atoms with E-state index < -0.39 is 6.16 Å². The molecule has 3 heterocycles. The van der Waals surface area contributed by atoms with Crippen LogP contribution < -0.4 is 15.0 Å². The quantitative estimate of drug-likeness (QED) is 0.346. The Kier molecular flexibility index (Phi) is 6.59. The molecule has 0 amide bonds. The number of ether oxygens (including phenoxy) is 2. The number of carbonyl (C=O) groups is 1. The van der Waals surface area contributed by atoms with E-state index in [1.54, 1.807) is 10.9 Å². The molecule has 0 unspecified atom stereocenters. The first-order valence-corrected chi connectivity index (χ1v) is 11.0. The van der Waals surface area contributed by atoms with E-state index in [2.05, 4.69) is 20.4 Å². The molecule has 0 radical (unpaired) electrons. The van der Waals surface area contributed by atoms with Crippen LogP contribution in [0.1, 0.15) is 32.3 Å². The Labute approximate surface area is 191 Å². The minimum Gasteiger partial charge on any atom is -0.449 e. The highest BCUT2D eigenvalue weighted by molar-refractivity contribution is 5.92. The molecule has 1 aliphatic rings. The Balaban J connectivity index is 1.78. The molecule has 1 fully saturated rings. The molecule has 4 rings (SSSR count). The highest BCUT2D eigenvalue weighted by Crippen LogP contribution is 2.32. The van der Waals surface area contributed by atoms with Gasteiger partial charge in [-0.1, -0.05) is 0 Å². The van der Waals surface area contributed by atoms with Crippen LogP contribution in [0.25, 0.3) is 11.0 Å². The Morgan fingerprint density at radius 3 is 2.82 bits per heavy atom. The van der Waals surface area contributed by atoms with E-state index in [1.165, 1.54) is 12.8 Å². The first-order chi connectivity index (χ1) is 15.8. The number of pyridine rings is 1. The van der Waals surface area contributed by atoms with Crippen molar-refractivity contribution in [3.63, 3.8) is 0 Å². The normalized spacial score (nSPS) is 13.5. The van der Waals surface area contributed by atoms with Crippen LogP contribution in [0.5, 0.6) is 5.88 Å². The molecule has 0 saturated heterocycles. The van der Waals surface area contributed by atoms with E-state index >= 15 is 0 Å². The third-order valence-corrected chi connectivity index (χ3v) is 5.48. The van der Waals surface area contributed by atoms with Crippen LogP contribution in [-0.2, 0) is 11.3 Å². The van der Waals surface area contributed by atoms with E-state index in [-0.39, 0.29) is 11.9 Å². The fraction of sp³-hybridized carbons (Fsp3) is 0.500. The second-order valence-corrected chi connectivity index (χ2v) is 8.53. The van der Waals surface area contributed by atoms with Crippen molar-refractivity contribution in [2.24, 2.45) is 5.92 Å². The maximum atomic E-state index is 11.3. The summed E-state index contributed by atoms with van der Waals surface area (Å²) in [6.45, 7) is 7.53. The van der Waals surface area contributed by atoms with Crippen molar-refractivity contribution in [1.82, 2.24) is 24.7 Å². The lowest BCUT2D eigenvalue weighted by atomic mass is 10.3. The third kappa shape index (κ3) is 5.48. The largest absolute Gasteiger partial charge is 0.512 e. The molecular formula is C22H29N7O4. The van der Waals surface area contributed by atoms with Crippen molar-refractivity contribution in [2.75, 3.05) is 30.5 Å². The van der Waals surface area contributed by atoms with E-state index in [0.29, 0.717) is 47.7 Å². The Hall–Kier alpha value is -3.47. The molecule has 0 atom stereocenters. The van der Waals surface area contributed by atoms with Gasteiger partial charge in [-0.25, -0.2) is 14.8 Å². The predicted molar refractivity (Wildman–Crippen MR) is 123 cm³/mol. The number of hydrogen-bond donors (Lipinski definition) is 2. The molecule has 33 heavy (non-hydrogen) atoms. The molecule has 11 nitrogen and oxygen atoms in total. The van der Waals surface area contributed by atoms with Gasteiger partial charge in [-0.2, -0.15) is 4.98 Å².